The first-order valence-corrected chi connectivity index (χ1v) is 5.30. The van der Waals surface area contributed by atoms with Crippen LogP contribution in [0, 0.1) is 12.8 Å². The molecule has 0 bridgehead atoms. The van der Waals surface area contributed by atoms with Gasteiger partial charge in [0.15, 0.2) is 5.78 Å². The van der Waals surface area contributed by atoms with Gasteiger partial charge < -0.3 is 0 Å². The van der Waals surface area contributed by atoms with Crippen molar-refractivity contribution in [3.8, 4) is 0 Å². The molecule has 0 unspecified atom stereocenters. The molecule has 1 heteroatoms. The normalized spacial score (nSPS) is 11.9. The molecule has 1 aromatic rings. The fourth-order valence-corrected chi connectivity index (χ4v) is 1.61. The van der Waals surface area contributed by atoms with Crippen LogP contribution in [0.4, 0.5) is 0 Å². The first-order valence-electron chi connectivity index (χ1n) is 5.30. The molecule has 1 rings (SSSR count). The summed E-state index contributed by atoms with van der Waals surface area (Å²) in [4.78, 5) is 11.4. The van der Waals surface area contributed by atoms with Crippen LogP contribution in [0.1, 0.15) is 31.9 Å². The van der Waals surface area contributed by atoms with Gasteiger partial charge in [-0.05, 0) is 37.0 Å². The number of carbonyl (C=O) groups is 1. The van der Waals surface area contributed by atoms with Gasteiger partial charge in [-0.25, -0.2) is 0 Å². The minimum Gasteiger partial charge on any atom is -0.295 e. The first-order chi connectivity index (χ1) is 7.00. The van der Waals surface area contributed by atoms with E-state index in [1.807, 2.05) is 32.1 Å². The molecule has 80 valence electrons. The van der Waals surface area contributed by atoms with Crippen molar-refractivity contribution in [2.24, 2.45) is 5.92 Å². The van der Waals surface area contributed by atoms with E-state index in [0.29, 0.717) is 0 Å². The molecular weight excluding hydrogens is 184 g/mol. The van der Waals surface area contributed by atoms with E-state index < -0.39 is 0 Å². The van der Waals surface area contributed by atoms with Gasteiger partial charge in [0.05, 0.1) is 0 Å². The molecule has 0 saturated carbocycles. The predicted molar refractivity (Wildman–Crippen MR) is 64.7 cm³/mol. The Hall–Kier alpha value is -1.37. The van der Waals surface area contributed by atoms with Crippen molar-refractivity contribution in [1.82, 2.24) is 0 Å². The zero-order valence-electron chi connectivity index (χ0n) is 9.87. The predicted octanol–water partition coefficient (Wildman–Crippen LogP) is 3.62. The fourth-order valence-electron chi connectivity index (χ4n) is 1.61. The Morgan fingerprint density at radius 1 is 1.33 bits per heavy atom. The Morgan fingerprint density at radius 3 is 2.47 bits per heavy atom. The van der Waals surface area contributed by atoms with Crippen LogP contribution in [0.15, 0.2) is 29.8 Å². The third kappa shape index (κ3) is 3.35. The molecule has 0 aliphatic carbocycles. The largest absolute Gasteiger partial charge is 0.295 e. The van der Waals surface area contributed by atoms with E-state index in [2.05, 4.69) is 19.1 Å². The molecule has 0 aliphatic heterocycles. The van der Waals surface area contributed by atoms with E-state index in [9.17, 15) is 4.79 Å². The first kappa shape index (κ1) is 11.7. The number of allylic oxidation sites excluding steroid dienone is 1. The van der Waals surface area contributed by atoms with Gasteiger partial charge in [-0.3, -0.25) is 4.79 Å². The van der Waals surface area contributed by atoms with Crippen LogP contribution < -0.4 is 0 Å². The number of ketones is 1. The minimum atomic E-state index is 0.159. The molecule has 0 saturated heterocycles. The van der Waals surface area contributed by atoms with Crippen LogP contribution in [-0.2, 0) is 4.79 Å². The third-order valence-corrected chi connectivity index (χ3v) is 2.39. The lowest BCUT2D eigenvalue weighted by atomic mass is 9.97. The molecule has 0 N–H and O–H groups in total. The van der Waals surface area contributed by atoms with Gasteiger partial charge in [0.1, 0.15) is 0 Å². The standard InChI is InChI=1S/C14H18O/c1-10(2)14(12(4)15)9-13-7-5-6-11(3)8-13/h5-10H,1-4H3/b14-9+. The smallest absolute Gasteiger partial charge is 0.156 e. The Bertz CT molecular complexity index is 386. The molecule has 0 amide bonds. The van der Waals surface area contributed by atoms with Crippen molar-refractivity contribution < 1.29 is 4.79 Å². The van der Waals surface area contributed by atoms with Crippen LogP contribution in [0.3, 0.4) is 0 Å². The molecule has 1 nitrogen and oxygen atoms in total. The Balaban J connectivity index is 3.08. The third-order valence-electron chi connectivity index (χ3n) is 2.39. The van der Waals surface area contributed by atoms with E-state index >= 15 is 0 Å². The average molecular weight is 202 g/mol. The van der Waals surface area contributed by atoms with E-state index in [1.165, 1.54) is 5.56 Å². The summed E-state index contributed by atoms with van der Waals surface area (Å²) in [5, 5.41) is 0. The number of rotatable bonds is 3. The van der Waals surface area contributed by atoms with Crippen molar-refractivity contribution in [1.29, 1.82) is 0 Å². The maximum atomic E-state index is 11.4. The van der Waals surface area contributed by atoms with Crippen molar-refractivity contribution in [3.05, 3.63) is 41.0 Å². The molecule has 0 aromatic heterocycles. The highest BCUT2D eigenvalue weighted by Crippen LogP contribution is 2.16. The molecule has 0 aliphatic rings. The molecule has 1 aromatic carbocycles. The SMILES string of the molecule is CC(=O)/C(=C/c1cccc(C)c1)C(C)C. The monoisotopic (exact) mass is 202 g/mol. The lowest BCUT2D eigenvalue weighted by Crippen LogP contribution is -2.03. The van der Waals surface area contributed by atoms with Gasteiger partial charge in [0, 0.05) is 0 Å². The minimum absolute atomic E-state index is 0.159. The zero-order chi connectivity index (χ0) is 11.4. The highest BCUT2D eigenvalue weighted by molar-refractivity contribution is 5.98. The van der Waals surface area contributed by atoms with Gasteiger partial charge in [0.2, 0.25) is 0 Å². The Labute approximate surface area is 91.8 Å². The molecule has 15 heavy (non-hydrogen) atoms. The number of benzene rings is 1. The van der Waals surface area contributed by atoms with Gasteiger partial charge in [-0.1, -0.05) is 43.7 Å². The van der Waals surface area contributed by atoms with Crippen LogP contribution in [0.2, 0.25) is 0 Å². The second-order valence-corrected chi connectivity index (χ2v) is 4.22. The second kappa shape index (κ2) is 4.92. The lowest BCUT2D eigenvalue weighted by molar-refractivity contribution is -0.113. The number of Topliss-reactive ketones (excluding diaryl/α,β-unsaturated/α-hetero) is 1. The summed E-state index contributed by atoms with van der Waals surface area (Å²) in [6.07, 6.45) is 1.99. The summed E-state index contributed by atoms with van der Waals surface area (Å²) in [6, 6.07) is 8.18. The van der Waals surface area contributed by atoms with E-state index in [-0.39, 0.29) is 11.7 Å². The summed E-state index contributed by atoms with van der Waals surface area (Å²) in [6.45, 7) is 7.77. The van der Waals surface area contributed by atoms with Gasteiger partial charge in [0.25, 0.3) is 0 Å². The topological polar surface area (TPSA) is 17.1 Å². The van der Waals surface area contributed by atoms with Gasteiger partial charge in [-0.15, -0.1) is 0 Å². The average Bonchev–Trinajstić information content (AvgIpc) is 2.13. The summed E-state index contributed by atoms with van der Waals surface area (Å²) in [5.74, 6) is 0.439. The van der Waals surface area contributed by atoms with Crippen molar-refractivity contribution >= 4 is 11.9 Å². The van der Waals surface area contributed by atoms with E-state index in [0.717, 1.165) is 11.1 Å². The van der Waals surface area contributed by atoms with Crippen LogP contribution in [0.25, 0.3) is 6.08 Å². The fraction of sp³-hybridized carbons (Fsp3) is 0.357. The summed E-state index contributed by atoms with van der Waals surface area (Å²) >= 11 is 0. The molecule has 0 fully saturated rings. The van der Waals surface area contributed by atoms with Crippen LogP contribution in [-0.4, -0.2) is 5.78 Å². The molecular formula is C14H18O. The highest BCUT2D eigenvalue weighted by atomic mass is 16.1. The Kier molecular flexibility index (Phi) is 3.84. The molecule has 0 atom stereocenters. The van der Waals surface area contributed by atoms with Gasteiger partial charge in [-0.2, -0.15) is 0 Å². The van der Waals surface area contributed by atoms with Crippen molar-refractivity contribution in [2.75, 3.05) is 0 Å². The van der Waals surface area contributed by atoms with Gasteiger partial charge >= 0.3 is 0 Å². The second-order valence-electron chi connectivity index (χ2n) is 4.22. The highest BCUT2D eigenvalue weighted by Gasteiger charge is 2.08. The summed E-state index contributed by atoms with van der Waals surface area (Å²) < 4.78 is 0. The molecule has 0 spiro atoms. The number of hydrogen-bond donors (Lipinski definition) is 0. The maximum absolute atomic E-state index is 11.4. The maximum Gasteiger partial charge on any atom is 0.156 e. The quantitative estimate of drug-likeness (QED) is 0.684. The van der Waals surface area contributed by atoms with Crippen LogP contribution in [0.5, 0.6) is 0 Å². The van der Waals surface area contributed by atoms with Crippen LogP contribution >= 0.6 is 0 Å². The lowest BCUT2D eigenvalue weighted by Gasteiger charge is -2.07. The number of aryl methyl sites for hydroxylation is 1. The van der Waals surface area contributed by atoms with E-state index in [1.54, 1.807) is 6.92 Å². The molecule has 0 heterocycles. The van der Waals surface area contributed by atoms with E-state index in [4.69, 9.17) is 0 Å². The Morgan fingerprint density at radius 2 is 2.00 bits per heavy atom. The number of carbonyl (C=O) groups excluding carboxylic acids is 1. The van der Waals surface area contributed by atoms with Crippen molar-refractivity contribution in [2.45, 2.75) is 27.7 Å². The number of hydrogen-bond acceptors (Lipinski definition) is 1. The summed E-state index contributed by atoms with van der Waals surface area (Å²) in [7, 11) is 0. The molecule has 0 radical (unpaired) electrons. The summed E-state index contributed by atoms with van der Waals surface area (Å²) in [5.41, 5.74) is 3.21. The zero-order valence-corrected chi connectivity index (χ0v) is 9.87. The van der Waals surface area contributed by atoms with Crippen molar-refractivity contribution in [3.63, 3.8) is 0 Å².